The van der Waals surface area contributed by atoms with Gasteiger partial charge in [-0.15, -0.1) is 11.3 Å². The van der Waals surface area contributed by atoms with E-state index < -0.39 is 0 Å². The monoisotopic (exact) mass is 256 g/mol. The Morgan fingerprint density at radius 3 is 2.94 bits per heavy atom. The summed E-state index contributed by atoms with van der Waals surface area (Å²) in [6.07, 6.45) is 9.42. The van der Waals surface area contributed by atoms with Gasteiger partial charge in [-0.05, 0) is 32.1 Å². The fourth-order valence-corrected chi connectivity index (χ4v) is 2.72. The van der Waals surface area contributed by atoms with Gasteiger partial charge in [0, 0.05) is 17.3 Å². The maximum atomic E-state index is 4.54. The Hall–Kier alpha value is -2.01. The normalized spacial score (nSPS) is 11.7. The summed E-state index contributed by atoms with van der Waals surface area (Å²) in [5.41, 5.74) is 3.03. The predicted molar refractivity (Wildman–Crippen MR) is 73.5 cm³/mol. The predicted octanol–water partition coefficient (Wildman–Crippen LogP) is 2.97. The van der Waals surface area contributed by atoms with Gasteiger partial charge in [0.05, 0.1) is 17.1 Å². The smallest absolute Gasteiger partial charge is 0.194 e. The summed E-state index contributed by atoms with van der Waals surface area (Å²) in [4.78, 5) is 14.9. The quantitative estimate of drug-likeness (QED) is 0.708. The number of thiazole rings is 1. The van der Waals surface area contributed by atoms with E-state index >= 15 is 0 Å². The minimum Gasteiger partial charge on any atom is -0.290 e. The van der Waals surface area contributed by atoms with Crippen LogP contribution in [0.2, 0.25) is 0 Å². The molecule has 0 aliphatic rings. The Bertz CT molecular complexity index is 709. The minimum atomic E-state index is 0.895. The molecule has 0 spiro atoms. The number of hydrogen-bond donors (Lipinski definition) is 0. The van der Waals surface area contributed by atoms with Gasteiger partial charge < -0.3 is 0 Å². The van der Waals surface area contributed by atoms with Crippen molar-refractivity contribution in [2.75, 3.05) is 0 Å². The Kier molecular flexibility index (Phi) is 2.68. The van der Waals surface area contributed by atoms with E-state index in [4.69, 9.17) is 0 Å². The van der Waals surface area contributed by atoms with Crippen LogP contribution in [-0.4, -0.2) is 19.4 Å². The van der Waals surface area contributed by atoms with Crippen molar-refractivity contribution in [2.45, 2.75) is 13.8 Å². The number of fused-ring (bicyclic) bond motifs is 1. The van der Waals surface area contributed by atoms with Gasteiger partial charge in [-0.3, -0.25) is 4.40 Å². The number of nitrogens with zero attached hydrogens (tertiary/aromatic N) is 4. The van der Waals surface area contributed by atoms with Crippen molar-refractivity contribution in [2.24, 2.45) is 0 Å². The average molecular weight is 256 g/mol. The second-order valence-electron chi connectivity index (χ2n) is 4.04. The molecular weight excluding hydrogens is 244 g/mol. The lowest BCUT2D eigenvalue weighted by Gasteiger charge is -1.93. The molecule has 3 heterocycles. The molecule has 0 atom stereocenters. The lowest BCUT2D eigenvalue weighted by Crippen LogP contribution is -1.85. The highest BCUT2D eigenvalue weighted by atomic mass is 32.1. The van der Waals surface area contributed by atoms with Crippen molar-refractivity contribution in [3.05, 3.63) is 46.7 Å². The second-order valence-corrected chi connectivity index (χ2v) is 5.26. The summed E-state index contributed by atoms with van der Waals surface area (Å²) in [6.45, 7) is 4.11. The van der Waals surface area contributed by atoms with Crippen molar-refractivity contribution < 1.29 is 0 Å². The van der Waals surface area contributed by atoms with Gasteiger partial charge in [0.1, 0.15) is 6.33 Å². The van der Waals surface area contributed by atoms with E-state index in [1.165, 1.54) is 4.88 Å². The molecule has 4 nitrogen and oxygen atoms in total. The standard InChI is InChI=1S/C13H12N4S/c1-9-7-17-12(10(2)16-13(17)18-9)4-3-11-5-6-14-8-15-11/h3-8H,1-2H3/b4-3+. The van der Waals surface area contributed by atoms with Crippen LogP contribution in [0.1, 0.15) is 22.0 Å². The molecule has 0 unspecified atom stereocenters. The SMILES string of the molecule is Cc1cn2c(/C=C/c3ccncn3)c(C)nc2s1. The molecule has 0 radical (unpaired) electrons. The van der Waals surface area contributed by atoms with Crippen LogP contribution in [0, 0.1) is 13.8 Å². The lowest BCUT2D eigenvalue weighted by atomic mass is 10.3. The van der Waals surface area contributed by atoms with Gasteiger partial charge in [-0.2, -0.15) is 0 Å². The van der Waals surface area contributed by atoms with Gasteiger partial charge in [0.25, 0.3) is 0 Å². The van der Waals surface area contributed by atoms with Gasteiger partial charge in [0.2, 0.25) is 0 Å². The van der Waals surface area contributed by atoms with E-state index in [2.05, 4.69) is 32.5 Å². The van der Waals surface area contributed by atoms with Crippen molar-refractivity contribution in [1.82, 2.24) is 19.4 Å². The molecule has 0 saturated carbocycles. The molecule has 0 aromatic carbocycles. The molecule has 0 bridgehead atoms. The Labute approximate surface area is 109 Å². The summed E-state index contributed by atoms with van der Waals surface area (Å²) in [5, 5.41) is 0. The number of aryl methyl sites for hydroxylation is 2. The second kappa shape index (κ2) is 4.34. The first kappa shape index (κ1) is 11.1. The highest BCUT2D eigenvalue weighted by Crippen LogP contribution is 2.21. The number of rotatable bonds is 2. The first-order valence-electron chi connectivity index (χ1n) is 5.63. The molecule has 0 amide bonds. The summed E-state index contributed by atoms with van der Waals surface area (Å²) in [6, 6.07) is 1.88. The molecule has 0 fully saturated rings. The van der Waals surface area contributed by atoms with Crippen molar-refractivity contribution in [1.29, 1.82) is 0 Å². The number of hydrogen-bond acceptors (Lipinski definition) is 4. The minimum absolute atomic E-state index is 0.895. The van der Waals surface area contributed by atoms with Crippen LogP contribution < -0.4 is 0 Å². The van der Waals surface area contributed by atoms with Crippen LogP contribution in [0.5, 0.6) is 0 Å². The first-order chi connectivity index (χ1) is 8.74. The third-order valence-corrected chi connectivity index (χ3v) is 3.58. The lowest BCUT2D eigenvalue weighted by molar-refractivity contribution is 1.15. The molecule has 90 valence electrons. The third-order valence-electron chi connectivity index (χ3n) is 2.68. The Morgan fingerprint density at radius 2 is 2.17 bits per heavy atom. The van der Waals surface area contributed by atoms with E-state index in [1.54, 1.807) is 23.9 Å². The van der Waals surface area contributed by atoms with E-state index in [0.29, 0.717) is 0 Å². The topological polar surface area (TPSA) is 43.1 Å². The zero-order valence-corrected chi connectivity index (χ0v) is 11.0. The molecule has 0 saturated heterocycles. The number of aromatic nitrogens is 4. The van der Waals surface area contributed by atoms with Crippen LogP contribution in [0.4, 0.5) is 0 Å². The third kappa shape index (κ3) is 1.93. The molecule has 5 heteroatoms. The fourth-order valence-electron chi connectivity index (χ4n) is 1.85. The molecule has 3 aromatic heterocycles. The zero-order valence-electron chi connectivity index (χ0n) is 10.2. The van der Waals surface area contributed by atoms with Gasteiger partial charge in [-0.25, -0.2) is 15.0 Å². The van der Waals surface area contributed by atoms with Crippen LogP contribution in [-0.2, 0) is 0 Å². The van der Waals surface area contributed by atoms with Crippen molar-refractivity contribution >= 4 is 28.4 Å². The Morgan fingerprint density at radius 1 is 1.28 bits per heavy atom. The van der Waals surface area contributed by atoms with Crippen molar-refractivity contribution in [3.8, 4) is 0 Å². The van der Waals surface area contributed by atoms with Crippen LogP contribution in [0.25, 0.3) is 17.1 Å². The summed E-state index contributed by atoms with van der Waals surface area (Å²) < 4.78 is 2.12. The van der Waals surface area contributed by atoms with Gasteiger partial charge in [0.15, 0.2) is 4.96 Å². The molecule has 18 heavy (non-hydrogen) atoms. The number of imidazole rings is 1. The van der Waals surface area contributed by atoms with Gasteiger partial charge >= 0.3 is 0 Å². The fraction of sp³-hybridized carbons (Fsp3) is 0.154. The molecule has 0 aliphatic heterocycles. The van der Waals surface area contributed by atoms with Gasteiger partial charge in [-0.1, -0.05) is 0 Å². The van der Waals surface area contributed by atoms with Crippen LogP contribution in [0.15, 0.2) is 24.8 Å². The summed E-state index contributed by atoms with van der Waals surface area (Å²) >= 11 is 1.70. The van der Waals surface area contributed by atoms with E-state index in [0.717, 1.165) is 22.0 Å². The van der Waals surface area contributed by atoms with E-state index in [-0.39, 0.29) is 0 Å². The van der Waals surface area contributed by atoms with E-state index in [9.17, 15) is 0 Å². The highest BCUT2D eigenvalue weighted by Gasteiger charge is 2.08. The molecule has 3 aromatic rings. The Balaban J connectivity index is 2.04. The summed E-state index contributed by atoms with van der Waals surface area (Å²) in [5.74, 6) is 0. The maximum Gasteiger partial charge on any atom is 0.194 e. The largest absolute Gasteiger partial charge is 0.290 e. The van der Waals surface area contributed by atoms with Crippen LogP contribution in [0.3, 0.4) is 0 Å². The first-order valence-corrected chi connectivity index (χ1v) is 6.45. The highest BCUT2D eigenvalue weighted by molar-refractivity contribution is 7.17. The molecule has 3 rings (SSSR count). The van der Waals surface area contributed by atoms with Crippen molar-refractivity contribution in [3.63, 3.8) is 0 Å². The average Bonchev–Trinajstić information content (AvgIpc) is 2.84. The van der Waals surface area contributed by atoms with Crippen LogP contribution >= 0.6 is 11.3 Å². The maximum absolute atomic E-state index is 4.54. The molecular formula is C13H12N4S. The zero-order chi connectivity index (χ0) is 12.5. The molecule has 0 N–H and O–H groups in total. The van der Waals surface area contributed by atoms with E-state index in [1.807, 2.05) is 25.1 Å². The summed E-state index contributed by atoms with van der Waals surface area (Å²) in [7, 11) is 0. The molecule has 0 aliphatic carbocycles.